The van der Waals surface area contributed by atoms with Crippen LogP contribution in [0.4, 0.5) is 5.69 Å². The van der Waals surface area contributed by atoms with Crippen LogP contribution in [0.25, 0.3) is 10.8 Å². The van der Waals surface area contributed by atoms with E-state index < -0.39 is 0 Å². The molecule has 0 radical (unpaired) electrons. The van der Waals surface area contributed by atoms with Crippen LogP contribution < -0.4 is 0 Å². The molecule has 1 aliphatic rings. The smallest absolute Gasteiger partial charge is 0.305 e. The van der Waals surface area contributed by atoms with E-state index in [4.69, 9.17) is 4.74 Å². The van der Waals surface area contributed by atoms with Gasteiger partial charge in [0.15, 0.2) is 5.71 Å². The Hall–Kier alpha value is -2.16. The standard InChI is InChI=1S/C20H24NO2/c1-20(2)17(10-7-11-18(22)23-4)21(3)16-13-12-14-8-5-6-9-15(14)19(16)20/h5-6,8-9,12-13H,7,10-11H2,1-4H3/q+1. The second-order valence-electron chi connectivity index (χ2n) is 6.74. The van der Waals surface area contributed by atoms with Gasteiger partial charge in [-0.3, -0.25) is 4.79 Å². The fourth-order valence-electron chi connectivity index (χ4n) is 3.89. The van der Waals surface area contributed by atoms with Gasteiger partial charge in [-0.15, -0.1) is 0 Å². The first-order chi connectivity index (χ1) is 11.0. The molecule has 0 aromatic heterocycles. The zero-order chi connectivity index (χ0) is 16.6. The van der Waals surface area contributed by atoms with Gasteiger partial charge in [-0.2, -0.15) is 0 Å². The number of carbonyl (C=O) groups is 1. The zero-order valence-corrected chi connectivity index (χ0v) is 14.3. The van der Waals surface area contributed by atoms with Crippen molar-refractivity contribution in [2.75, 3.05) is 14.2 Å². The van der Waals surface area contributed by atoms with Gasteiger partial charge in [0, 0.05) is 24.5 Å². The highest BCUT2D eigenvalue weighted by Gasteiger charge is 2.44. The molecule has 0 fully saturated rings. The molecule has 0 saturated heterocycles. The van der Waals surface area contributed by atoms with Gasteiger partial charge in [0.1, 0.15) is 7.05 Å². The summed E-state index contributed by atoms with van der Waals surface area (Å²) in [5.41, 5.74) is 4.02. The number of ether oxygens (including phenoxy) is 1. The third-order valence-corrected chi connectivity index (χ3v) is 5.04. The predicted octanol–water partition coefficient (Wildman–Crippen LogP) is 4.19. The SMILES string of the molecule is COC(=O)CCCC1=[N+](C)c2ccc3ccccc3c2C1(C)C. The van der Waals surface area contributed by atoms with Crippen LogP contribution in [0.3, 0.4) is 0 Å². The van der Waals surface area contributed by atoms with E-state index in [0.717, 1.165) is 12.8 Å². The van der Waals surface area contributed by atoms with Crippen LogP contribution >= 0.6 is 0 Å². The third-order valence-electron chi connectivity index (χ3n) is 5.04. The molecule has 0 spiro atoms. The van der Waals surface area contributed by atoms with E-state index in [0.29, 0.717) is 6.42 Å². The second-order valence-corrected chi connectivity index (χ2v) is 6.74. The molecule has 0 unspecified atom stereocenters. The lowest BCUT2D eigenvalue weighted by Crippen LogP contribution is -2.28. The Morgan fingerprint density at radius 2 is 1.91 bits per heavy atom. The van der Waals surface area contributed by atoms with Crippen molar-refractivity contribution >= 4 is 28.1 Å². The van der Waals surface area contributed by atoms with Crippen LogP contribution in [0.5, 0.6) is 0 Å². The summed E-state index contributed by atoms with van der Waals surface area (Å²) in [6.07, 6.45) is 2.20. The first kappa shape index (κ1) is 15.7. The largest absolute Gasteiger partial charge is 0.469 e. The van der Waals surface area contributed by atoms with E-state index in [1.165, 1.54) is 34.8 Å². The number of esters is 1. The Morgan fingerprint density at radius 3 is 2.65 bits per heavy atom. The molecule has 0 saturated carbocycles. The molecule has 3 rings (SSSR count). The molecular weight excluding hydrogens is 286 g/mol. The lowest BCUT2D eigenvalue weighted by Gasteiger charge is -2.19. The fourth-order valence-corrected chi connectivity index (χ4v) is 3.89. The molecule has 1 heterocycles. The minimum absolute atomic E-state index is 0.0267. The average molecular weight is 310 g/mol. The maximum Gasteiger partial charge on any atom is 0.305 e. The Bertz CT molecular complexity index is 802. The molecule has 0 bridgehead atoms. The highest BCUT2D eigenvalue weighted by Crippen LogP contribution is 2.44. The molecule has 0 atom stereocenters. The van der Waals surface area contributed by atoms with Crippen LogP contribution in [-0.4, -0.2) is 30.4 Å². The van der Waals surface area contributed by atoms with Gasteiger partial charge < -0.3 is 4.74 Å². The monoisotopic (exact) mass is 310 g/mol. The van der Waals surface area contributed by atoms with Crippen LogP contribution in [0.1, 0.15) is 38.7 Å². The van der Waals surface area contributed by atoms with Gasteiger partial charge in [0.05, 0.1) is 12.5 Å². The van der Waals surface area contributed by atoms with E-state index in [9.17, 15) is 4.79 Å². The van der Waals surface area contributed by atoms with Gasteiger partial charge in [0.25, 0.3) is 0 Å². The maximum absolute atomic E-state index is 11.4. The molecule has 0 aliphatic carbocycles. The number of benzene rings is 2. The number of carbonyl (C=O) groups excluding carboxylic acids is 1. The first-order valence-corrected chi connectivity index (χ1v) is 8.16. The summed E-state index contributed by atoms with van der Waals surface area (Å²) in [4.78, 5) is 11.4. The van der Waals surface area contributed by atoms with Crippen molar-refractivity contribution in [3.8, 4) is 0 Å². The number of hydrogen-bond acceptors (Lipinski definition) is 2. The number of methoxy groups -OCH3 is 1. The highest BCUT2D eigenvalue weighted by molar-refractivity contribution is 6.02. The average Bonchev–Trinajstić information content (AvgIpc) is 2.75. The fraction of sp³-hybridized carbons (Fsp3) is 0.400. The van der Waals surface area contributed by atoms with Crippen molar-refractivity contribution < 1.29 is 14.1 Å². The first-order valence-electron chi connectivity index (χ1n) is 8.16. The van der Waals surface area contributed by atoms with Crippen LogP contribution in [-0.2, 0) is 14.9 Å². The summed E-state index contributed by atoms with van der Waals surface area (Å²) in [7, 11) is 3.58. The summed E-state index contributed by atoms with van der Waals surface area (Å²) >= 11 is 0. The molecule has 0 amide bonds. The molecule has 3 nitrogen and oxygen atoms in total. The summed E-state index contributed by atoms with van der Waals surface area (Å²) in [5.74, 6) is -0.132. The van der Waals surface area contributed by atoms with Crippen molar-refractivity contribution in [1.82, 2.24) is 0 Å². The van der Waals surface area contributed by atoms with E-state index in [-0.39, 0.29) is 11.4 Å². The van der Waals surface area contributed by atoms with Crippen molar-refractivity contribution in [1.29, 1.82) is 0 Å². The Morgan fingerprint density at radius 1 is 1.17 bits per heavy atom. The minimum Gasteiger partial charge on any atom is -0.469 e. The quantitative estimate of drug-likeness (QED) is 0.626. The molecule has 120 valence electrons. The third kappa shape index (κ3) is 2.54. The zero-order valence-electron chi connectivity index (χ0n) is 14.3. The highest BCUT2D eigenvalue weighted by atomic mass is 16.5. The van der Waals surface area contributed by atoms with Crippen molar-refractivity contribution in [3.63, 3.8) is 0 Å². The van der Waals surface area contributed by atoms with Crippen LogP contribution in [0.2, 0.25) is 0 Å². The summed E-state index contributed by atoms with van der Waals surface area (Å²) in [5, 5.41) is 2.60. The van der Waals surface area contributed by atoms with E-state index in [1.54, 1.807) is 0 Å². The lowest BCUT2D eigenvalue weighted by atomic mass is 9.78. The van der Waals surface area contributed by atoms with Crippen molar-refractivity contribution in [3.05, 3.63) is 42.0 Å². The predicted molar refractivity (Wildman–Crippen MR) is 93.7 cm³/mol. The summed E-state index contributed by atoms with van der Waals surface area (Å²) in [6, 6.07) is 13.0. The molecule has 2 aromatic carbocycles. The van der Waals surface area contributed by atoms with E-state index in [1.807, 2.05) is 0 Å². The number of hydrogen-bond donors (Lipinski definition) is 0. The van der Waals surface area contributed by atoms with Gasteiger partial charge in [-0.05, 0) is 37.1 Å². The van der Waals surface area contributed by atoms with Gasteiger partial charge >= 0.3 is 5.97 Å². The second kappa shape index (κ2) is 5.80. The van der Waals surface area contributed by atoms with E-state index in [2.05, 4.69) is 61.9 Å². The maximum atomic E-state index is 11.4. The minimum atomic E-state index is -0.132. The van der Waals surface area contributed by atoms with Crippen LogP contribution in [0, 0.1) is 0 Å². The van der Waals surface area contributed by atoms with Gasteiger partial charge in [0.2, 0.25) is 5.69 Å². The normalized spacial score (nSPS) is 15.8. The molecular formula is C20H24NO2+. The molecule has 23 heavy (non-hydrogen) atoms. The summed E-state index contributed by atoms with van der Waals surface area (Å²) in [6.45, 7) is 4.57. The topological polar surface area (TPSA) is 29.3 Å². The molecule has 1 aliphatic heterocycles. The van der Waals surface area contributed by atoms with Crippen molar-refractivity contribution in [2.45, 2.75) is 38.5 Å². The number of rotatable bonds is 4. The van der Waals surface area contributed by atoms with Crippen LogP contribution in [0.15, 0.2) is 36.4 Å². The van der Waals surface area contributed by atoms with Gasteiger partial charge in [-0.25, -0.2) is 4.58 Å². The molecule has 3 heteroatoms. The van der Waals surface area contributed by atoms with Crippen molar-refractivity contribution in [2.24, 2.45) is 0 Å². The lowest BCUT2D eigenvalue weighted by molar-refractivity contribution is -0.404. The Labute approximate surface area is 137 Å². The van der Waals surface area contributed by atoms with E-state index >= 15 is 0 Å². The molecule has 0 N–H and O–H groups in total. The Balaban J connectivity index is 1.98. The van der Waals surface area contributed by atoms with Gasteiger partial charge in [-0.1, -0.05) is 24.3 Å². The molecule has 2 aromatic rings. The number of fused-ring (bicyclic) bond motifs is 3. The Kier molecular flexibility index (Phi) is 3.97. The summed E-state index contributed by atoms with van der Waals surface area (Å²) < 4.78 is 7.06. The number of nitrogens with zero attached hydrogens (tertiary/aromatic N) is 1.